The standard InChI is InChI=1S/C41H81N2/c1-4-7-10-13-15-17-19-20-21-22-23-24-25-27-29-32-35-38-43-40-39-42(41(43)36-33-30-12-9-6-3)37-34-31-28-26-18-16-14-11-8-5-2/h39-40H,4-38H2,1-3H3/q+1. The molecule has 0 aliphatic heterocycles. The van der Waals surface area contributed by atoms with Crippen LogP contribution in [0.25, 0.3) is 0 Å². The fourth-order valence-electron chi connectivity index (χ4n) is 6.86. The molecule has 43 heavy (non-hydrogen) atoms. The second-order valence-corrected chi connectivity index (χ2v) is 14.1. The molecule has 254 valence electrons. The van der Waals surface area contributed by atoms with Gasteiger partial charge in [0.2, 0.25) is 0 Å². The van der Waals surface area contributed by atoms with Crippen LogP contribution in [0.4, 0.5) is 0 Å². The molecule has 0 spiro atoms. The number of rotatable bonds is 35. The Bertz CT molecular complexity index is 663. The molecule has 0 saturated heterocycles. The summed E-state index contributed by atoms with van der Waals surface area (Å²) in [7, 11) is 0. The van der Waals surface area contributed by atoms with E-state index in [-0.39, 0.29) is 0 Å². The summed E-state index contributed by atoms with van der Waals surface area (Å²) in [5.74, 6) is 1.61. The van der Waals surface area contributed by atoms with Crippen LogP contribution in [0.2, 0.25) is 0 Å². The van der Waals surface area contributed by atoms with E-state index in [0.29, 0.717) is 0 Å². The van der Waals surface area contributed by atoms with E-state index >= 15 is 0 Å². The lowest BCUT2D eigenvalue weighted by Crippen LogP contribution is -2.37. The van der Waals surface area contributed by atoms with E-state index in [1.54, 1.807) is 5.82 Å². The third-order valence-electron chi connectivity index (χ3n) is 9.85. The van der Waals surface area contributed by atoms with Crippen LogP contribution in [-0.2, 0) is 19.5 Å². The maximum Gasteiger partial charge on any atom is 0.256 e. The predicted molar refractivity (Wildman–Crippen MR) is 193 cm³/mol. The van der Waals surface area contributed by atoms with Crippen LogP contribution in [0.3, 0.4) is 0 Å². The molecule has 0 radical (unpaired) electrons. The van der Waals surface area contributed by atoms with E-state index in [0.717, 1.165) is 0 Å². The van der Waals surface area contributed by atoms with Gasteiger partial charge >= 0.3 is 0 Å². The fraction of sp³-hybridized carbons (Fsp3) is 0.927. The number of imidazole rings is 1. The lowest BCUT2D eigenvalue weighted by molar-refractivity contribution is -0.704. The average molecular weight is 602 g/mol. The van der Waals surface area contributed by atoms with Gasteiger partial charge in [-0.15, -0.1) is 0 Å². The third kappa shape index (κ3) is 25.1. The molecule has 0 N–H and O–H groups in total. The predicted octanol–water partition coefficient (Wildman–Crippen LogP) is 13.9. The van der Waals surface area contributed by atoms with Crippen molar-refractivity contribution in [2.45, 2.75) is 246 Å². The van der Waals surface area contributed by atoms with Crippen molar-refractivity contribution in [1.82, 2.24) is 4.57 Å². The van der Waals surface area contributed by atoms with E-state index in [1.165, 1.54) is 225 Å². The largest absolute Gasteiger partial charge is 0.256 e. The van der Waals surface area contributed by atoms with Crippen molar-refractivity contribution >= 4 is 0 Å². The third-order valence-corrected chi connectivity index (χ3v) is 9.85. The Kier molecular flexibility index (Phi) is 30.5. The van der Waals surface area contributed by atoms with E-state index in [2.05, 4.69) is 42.3 Å². The van der Waals surface area contributed by atoms with Gasteiger partial charge in [-0.3, -0.25) is 0 Å². The van der Waals surface area contributed by atoms with Gasteiger partial charge in [0.25, 0.3) is 5.82 Å². The summed E-state index contributed by atoms with van der Waals surface area (Å²) in [6.45, 7) is 9.40. The molecule has 1 aromatic heterocycles. The smallest absolute Gasteiger partial charge is 0.234 e. The minimum atomic E-state index is 1.23. The molecule has 0 unspecified atom stereocenters. The van der Waals surface area contributed by atoms with Crippen LogP contribution in [-0.4, -0.2) is 4.57 Å². The zero-order valence-corrected chi connectivity index (χ0v) is 30.3. The van der Waals surface area contributed by atoms with E-state index in [4.69, 9.17) is 0 Å². The quantitative estimate of drug-likeness (QED) is 0.0540. The van der Waals surface area contributed by atoms with Crippen LogP contribution in [0.5, 0.6) is 0 Å². The highest BCUT2D eigenvalue weighted by molar-refractivity contribution is 4.84. The van der Waals surface area contributed by atoms with Crippen LogP contribution in [0, 0.1) is 0 Å². The number of nitrogens with zero attached hydrogens (tertiary/aromatic N) is 2. The Morgan fingerprint density at radius 2 is 0.721 bits per heavy atom. The van der Waals surface area contributed by atoms with E-state index < -0.39 is 0 Å². The topological polar surface area (TPSA) is 8.81 Å². The molecule has 2 nitrogen and oxygen atoms in total. The first-order valence-corrected chi connectivity index (χ1v) is 20.4. The molecular weight excluding hydrogens is 520 g/mol. The molecule has 0 aliphatic carbocycles. The summed E-state index contributed by atoms with van der Waals surface area (Å²) in [5, 5.41) is 0. The molecule has 0 fully saturated rings. The number of hydrogen-bond donors (Lipinski definition) is 0. The van der Waals surface area contributed by atoms with Crippen molar-refractivity contribution in [3.05, 3.63) is 18.2 Å². The van der Waals surface area contributed by atoms with Gasteiger partial charge in [0, 0.05) is 6.42 Å². The van der Waals surface area contributed by atoms with Gasteiger partial charge in [-0.2, -0.15) is 0 Å². The molecule has 0 amide bonds. The minimum absolute atomic E-state index is 1.23. The zero-order valence-electron chi connectivity index (χ0n) is 30.3. The van der Waals surface area contributed by atoms with Gasteiger partial charge in [-0.25, -0.2) is 9.13 Å². The number of aromatic nitrogens is 2. The summed E-state index contributed by atoms with van der Waals surface area (Å²) in [4.78, 5) is 0. The van der Waals surface area contributed by atoms with Gasteiger partial charge in [0.05, 0.1) is 13.1 Å². The van der Waals surface area contributed by atoms with Gasteiger partial charge in [0.1, 0.15) is 12.4 Å². The summed E-state index contributed by atoms with van der Waals surface area (Å²) in [6, 6.07) is 0. The summed E-state index contributed by atoms with van der Waals surface area (Å²) < 4.78 is 5.25. The van der Waals surface area contributed by atoms with Crippen LogP contribution in [0.1, 0.15) is 232 Å². The average Bonchev–Trinajstić information content (AvgIpc) is 3.40. The Hall–Kier alpha value is -0.790. The summed E-state index contributed by atoms with van der Waals surface area (Å²) >= 11 is 0. The molecule has 1 rings (SSSR count). The van der Waals surface area contributed by atoms with E-state index in [9.17, 15) is 0 Å². The molecule has 0 aromatic carbocycles. The van der Waals surface area contributed by atoms with Crippen LogP contribution >= 0.6 is 0 Å². The highest BCUT2D eigenvalue weighted by Crippen LogP contribution is 2.15. The number of hydrogen-bond acceptors (Lipinski definition) is 0. The molecule has 2 heteroatoms. The zero-order chi connectivity index (χ0) is 30.9. The van der Waals surface area contributed by atoms with Crippen molar-refractivity contribution in [1.29, 1.82) is 0 Å². The molecule has 0 bridgehead atoms. The molecule has 0 atom stereocenters. The highest BCUT2D eigenvalue weighted by Gasteiger charge is 2.16. The van der Waals surface area contributed by atoms with Crippen molar-refractivity contribution < 1.29 is 4.57 Å². The normalized spacial score (nSPS) is 11.6. The first-order chi connectivity index (χ1) is 21.3. The molecule has 1 aromatic rings. The highest BCUT2D eigenvalue weighted by atomic mass is 15.1. The summed E-state index contributed by atoms with van der Waals surface area (Å²) in [5.41, 5.74) is 0. The first-order valence-electron chi connectivity index (χ1n) is 20.4. The van der Waals surface area contributed by atoms with E-state index in [1.807, 2.05) is 0 Å². The number of aryl methyl sites for hydroxylation is 2. The maximum absolute atomic E-state index is 2.63. The monoisotopic (exact) mass is 602 g/mol. The second kappa shape index (κ2) is 32.6. The Labute approximate surface area is 272 Å². The van der Waals surface area contributed by atoms with Crippen molar-refractivity contribution in [2.75, 3.05) is 0 Å². The molecular formula is C41H81N2+. The van der Waals surface area contributed by atoms with Crippen molar-refractivity contribution in [3.63, 3.8) is 0 Å². The number of unbranched alkanes of at least 4 members (excludes halogenated alkanes) is 29. The van der Waals surface area contributed by atoms with Gasteiger partial charge in [-0.05, 0) is 32.1 Å². The van der Waals surface area contributed by atoms with Crippen LogP contribution < -0.4 is 4.57 Å². The van der Waals surface area contributed by atoms with Gasteiger partial charge in [0.15, 0.2) is 0 Å². The molecule has 1 heterocycles. The fourth-order valence-corrected chi connectivity index (χ4v) is 6.86. The van der Waals surface area contributed by atoms with Crippen molar-refractivity contribution in [3.8, 4) is 0 Å². The van der Waals surface area contributed by atoms with Gasteiger partial charge in [-0.1, -0.05) is 194 Å². The minimum Gasteiger partial charge on any atom is -0.234 e. The van der Waals surface area contributed by atoms with Gasteiger partial charge < -0.3 is 0 Å². The Morgan fingerprint density at radius 1 is 0.395 bits per heavy atom. The van der Waals surface area contributed by atoms with Crippen LogP contribution in [0.15, 0.2) is 12.4 Å². The second-order valence-electron chi connectivity index (χ2n) is 14.1. The van der Waals surface area contributed by atoms with Crippen molar-refractivity contribution in [2.24, 2.45) is 0 Å². The summed E-state index contributed by atoms with van der Waals surface area (Å²) in [6.07, 6.45) is 51.9. The molecule has 0 aliphatic rings. The maximum atomic E-state index is 2.63. The lowest BCUT2D eigenvalue weighted by Gasteiger charge is -2.07. The SMILES string of the molecule is CCCCCCCCCCCCCCCCCCC[n+]1ccn(CCCCCCCCCCCC)c1CCCCCCC. The first kappa shape index (κ1) is 40.2. The Balaban J connectivity index is 2.15. The lowest BCUT2D eigenvalue weighted by atomic mass is 10.0. The molecule has 0 saturated carbocycles. The Morgan fingerprint density at radius 3 is 1.12 bits per heavy atom.